The summed E-state index contributed by atoms with van der Waals surface area (Å²) < 4.78 is 19.5. The number of rotatable bonds is 5. The van der Waals surface area contributed by atoms with Gasteiger partial charge in [-0.3, -0.25) is 4.90 Å². The van der Waals surface area contributed by atoms with Gasteiger partial charge in [0.15, 0.2) is 0 Å². The van der Waals surface area contributed by atoms with Crippen LogP contribution in [0.2, 0.25) is 0 Å². The Balaban J connectivity index is 1.18. The Kier molecular flexibility index (Phi) is 5.31. The Bertz CT molecular complexity index is 977. The molecule has 30 heavy (non-hydrogen) atoms. The highest BCUT2D eigenvalue weighted by atomic mass is 19.1. The zero-order chi connectivity index (χ0) is 20.3. The van der Waals surface area contributed by atoms with E-state index in [4.69, 9.17) is 4.52 Å². The topological polar surface area (TPSA) is 61.5 Å². The quantitative estimate of drug-likeness (QED) is 0.642. The van der Waals surface area contributed by atoms with Gasteiger partial charge in [-0.05, 0) is 37.1 Å². The predicted molar refractivity (Wildman–Crippen MR) is 113 cm³/mol. The average Bonchev–Trinajstić information content (AvgIpc) is 3.48. The van der Waals surface area contributed by atoms with E-state index in [1.807, 2.05) is 30.5 Å². The van der Waals surface area contributed by atoms with Crippen LogP contribution in [0.4, 0.5) is 15.9 Å². The molecule has 0 radical (unpaired) electrons. The lowest BCUT2D eigenvalue weighted by atomic mass is 10.2. The van der Waals surface area contributed by atoms with Crippen molar-refractivity contribution in [3.63, 3.8) is 0 Å². The van der Waals surface area contributed by atoms with Crippen LogP contribution in [0.3, 0.4) is 0 Å². The first kappa shape index (κ1) is 19.0. The van der Waals surface area contributed by atoms with E-state index in [2.05, 4.69) is 29.8 Å². The van der Waals surface area contributed by atoms with Gasteiger partial charge in [-0.1, -0.05) is 17.3 Å². The summed E-state index contributed by atoms with van der Waals surface area (Å²) in [5.74, 6) is 1.99. The fraction of sp³-hybridized carbons (Fsp3) is 0.409. The van der Waals surface area contributed by atoms with Gasteiger partial charge >= 0.3 is 0 Å². The van der Waals surface area contributed by atoms with Crippen molar-refractivity contribution in [2.75, 3.05) is 49.1 Å². The number of anilines is 2. The maximum absolute atomic E-state index is 14.0. The number of hydrogen-bond donors (Lipinski definition) is 0. The molecular weight excluding hydrogens is 383 g/mol. The van der Waals surface area contributed by atoms with Crippen molar-refractivity contribution in [1.29, 1.82) is 0 Å². The second-order valence-electron chi connectivity index (χ2n) is 7.83. The minimum Gasteiger partial charge on any atom is -0.367 e. The third kappa shape index (κ3) is 4.00. The molecular formula is C22H25FN6O. The zero-order valence-electron chi connectivity index (χ0n) is 16.9. The molecule has 0 unspecified atom stereocenters. The monoisotopic (exact) mass is 408 g/mol. The number of pyridine rings is 1. The molecule has 0 N–H and O–H groups in total. The van der Waals surface area contributed by atoms with E-state index >= 15 is 0 Å². The van der Waals surface area contributed by atoms with Gasteiger partial charge in [0.1, 0.15) is 11.6 Å². The standard InChI is InChI=1S/C22H25FN6O/c23-18-5-1-2-6-19(18)28-13-11-27(12-14-28)16-21-25-22(26-30-21)17-7-8-20(24-15-17)29-9-3-4-10-29/h1-2,5-8,15H,3-4,9-14,16H2. The molecule has 0 amide bonds. The highest BCUT2D eigenvalue weighted by Gasteiger charge is 2.21. The normalized spacial score (nSPS) is 17.6. The van der Waals surface area contributed by atoms with Crippen molar-refractivity contribution < 1.29 is 8.91 Å². The Labute approximate surface area is 175 Å². The second kappa shape index (κ2) is 8.39. The van der Waals surface area contributed by atoms with Crippen LogP contribution < -0.4 is 9.80 Å². The molecule has 2 fully saturated rings. The van der Waals surface area contributed by atoms with Crippen molar-refractivity contribution >= 4 is 11.5 Å². The third-order valence-electron chi connectivity index (χ3n) is 5.83. The summed E-state index contributed by atoms with van der Waals surface area (Å²) in [5, 5.41) is 4.13. The molecule has 4 heterocycles. The van der Waals surface area contributed by atoms with Crippen LogP contribution in [0.1, 0.15) is 18.7 Å². The van der Waals surface area contributed by atoms with Crippen LogP contribution in [0.25, 0.3) is 11.4 Å². The molecule has 0 spiro atoms. The van der Waals surface area contributed by atoms with Crippen molar-refractivity contribution in [3.8, 4) is 11.4 Å². The van der Waals surface area contributed by atoms with Crippen LogP contribution in [-0.2, 0) is 6.54 Å². The minimum atomic E-state index is -0.170. The Hall–Kier alpha value is -3.00. The number of nitrogens with zero attached hydrogens (tertiary/aromatic N) is 6. The Morgan fingerprint density at radius 3 is 2.43 bits per heavy atom. The summed E-state index contributed by atoms with van der Waals surface area (Å²) in [6.45, 7) is 5.91. The lowest BCUT2D eigenvalue weighted by Gasteiger charge is -2.35. The van der Waals surface area contributed by atoms with Gasteiger partial charge in [-0.15, -0.1) is 0 Å². The molecule has 3 aromatic rings. The summed E-state index contributed by atoms with van der Waals surface area (Å²) in [5.41, 5.74) is 1.53. The SMILES string of the molecule is Fc1ccccc1N1CCN(Cc2nc(-c3ccc(N4CCCC4)nc3)no2)CC1. The van der Waals surface area contributed by atoms with Gasteiger partial charge in [0, 0.05) is 51.0 Å². The maximum atomic E-state index is 14.0. The van der Waals surface area contributed by atoms with E-state index in [1.54, 1.807) is 6.07 Å². The first-order chi connectivity index (χ1) is 14.8. The molecule has 0 saturated carbocycles. The summed E-state index contributed by atoms with van der Waals surface area (Å²) in [7, 11) is 0. The highest BCUT2D eigenvalue weighted by Crippen LogP contribution is 2.23. The van der Waals surface area contributed by atoms with E-state index in [0.717, 1.165) is 50.6 Å². The Morgan fingerprint density at radius 2 is 1.70 bits per heavy atom. The number of aromatic nitrogens is 3. The van der Waals surface area contributed by atoms with E-state index in [-0.39, 0.29) is 5.82 Å². The second-order valence-corrected chi connectivity index (χ2v) is 7.83. The summed E-state index contributed by atoms with van der Waals surface area (Å²) >= 11 is 0. The van der Waals surface area contributed by atoms with Crippen molar-refractivity contribution in [1.82, 2.24) is 20.0 Å². The van der Waals surface area contributed by atoms with Gasteiger partial charge in [-0.25, -0.2) is 9.37 Å². The molecule has 156 valence electrons. The molecule has 2 aromatic heterocycles. The van der Waals surface area contributed by atoms with Crippen LogP contribution in [0.5, 0.6) is 0 Å². The lowest BCUT2D eigenvalue weighted by molar-refractivity contribution is 0.215. The van der Waals surface area contributed by atoms with Crippen LogP contribution in [-0.4, -0.2) is 59.3 Å². The van der Waals surface area contributed by atoms with Gasteiger partial charge in [0.25, 0.3) is 0 Å². The maximum Gasteiger partial charge on any atom is 0.241 e. The van der Waals surface area contributed by atoms with Crippen molar-refractivity contribution in [3.05, 3.63) is 54.3 Å². The summed E-state index contributed by atoms with van der Waals surface area (Å²) in [6, 6.07) is 11.0. The number of piperazine rings is 1. The Morgan fingerprint density at radius 1 is 0.900 bits per heavy atom. The van der Waals surface area contributed by atoms with Gasteiger partial charge in [0.05, 0.1) is 12.2 Å². The predicted octanol–water partition coefficient (Wildman–Crippen LogP) is 3.19. The minimum absolute atomic E-state index is 0.170. The number of hydrogen-bond acceptors (Lipinski definition) is 7. The highest BCUT2D eigenvalue weighted by molar-refractivity contribution is 5.56. The molecule has 0 bridgehead atoms. The smallest absolute Gasteiger partial charge is 0.241 e. The largest absolute Gasteiger partial charge is 0.367 e. The molecule has 2 saturated heterocycles. The molecule has 5 rings (SSSR count). The van der Waals surface area contributed by atoms with E-state index in [9.17, 15) is 4.39 Å². The van der Waals surface area contributed by atoms with Crippen molar-refractivity contribution in [2.24, 2.45) is 0 Å². The van der Waals surface area contributed by atoms with E-state index in [0.29, 0.717) is 23.9 Å². The number of benzene rings is 1. The first-order valence-electron chi connectivity index (χ1n) is 10.5. The molecule has 8 heteroatoms. The van der Waals surface area contributed by atoms with E-state index in [1.165, 1.54) is 18.9 Å². The van der Waals surface area contributed by atoms with E-state index < -0.39 is 0 Å². The summed E-state index contributed by atoms with van der Waals surface area (Å²) in [6.07, 6.45) is 4.27. The third-order valence-corrected chi connectivity index (χ3v) is 5.83. The lowest BCUT2D eigenvalue weighted by Crippen LogP contribution is -2.46. The molecule has 0 aliphatic carbocycles. The fourth-order valence-corrected chi connectivity index (χ4v) is 4.13. The first-order valence-corrected chi connectivity index (χ1v) is 10.5. The van der Waals surface area contributed by atoms with Crippen LogP contribution in [0, 0.1) is 5.82 Å². The molecule has 2 aliphatic heterocycles. The fourth-order valence-electron chi connectivity index (χ4n) is 4.13. The number of para-hydroxylation sites is 1. The molecule has 7 nitrogen and oxygen atoms in total. The van der Waals surface area contributed by atoms with Crippen LogP contribution >= 0.6 is 0 Å². The zero-order valence-corrected chi connectivity index (χ0v) is 16.9. The summed E-state index contributed by atoms with van der Waals surface area (Å²) in [4.78, 5) is 15.7. The van der Waals surface area contributed by atoms with Gasteiger partial charge < -0.3 is 14.3 Å². The average molecular weight is 408 g/mol. The van der Waals surface area contributed by atoms with Crippen LogP contribution in [0.15, 0.2) is 47.1 Å². The molecule has 1 aromatic carbocycles. The van der Waals surface area contributed by atoms with Crippen molar-refractivity contribution in [2.45, 2.75) is 19.4 Å². The van der Waals surface area contributed by atoms with Gasteiger partial charge in [0.2, 0.25) is 11.7 Å². The molecule has 2 aliphatic rings. The molecule has 0 atom stereocenters. The van der Waals surface area contributed by atoms with Gasteiger partial charge in [-0.2, -0.15) is 4.98 Å². The number of halogens is 1.